The van der Waals surface area contributed by atoms with Gasteiger partial charge in [-0.15, -0.1) is 0 Å². The SMILES string of the molecule is CC(C)(Cc1cccc(CC(=O)N[C@H](CO)C(C)(C)C)c1)NCC(O)c1ccc(O)cc1. The van der Waals surface area contributed by atoms with Gasteiger partial charge in [0.2, 0.25) is 5.91 Å². The number of phenolic OH excluding ortho intramolecular Hbond substituents is 1. The van der Waals surface area contributed by atoms with E-state index >= 15 is 0 Å². The molecule has 0 aromatic heterocycles. The third kappa shape index (κ3) is 8.26. The molecule has 0 heterocycles. The van der Waals surface area contributed by atoms with Gasteiger partial charge < -0.3 is 26.0 Å². The van der Waals surface area contributed by atoms with Crippen LogP contribution in [-0.2, 0) is 17.6 Å². The van der Waals surface area contributed by atoms with Gasteiger partial charge in [-0.3, -0.25) is 4.79 Å². The Labute approximate surface area is 191 Å². The summed E-state index contributed by atoms with van der Waals surface area (Å²) < 4.78 is 0. The van der Waals surface area contributed by atoms with Crippen LogP contribution in [0.25, 0.3) is 0 Å². The Balaban J connectivity index is 1.94. The first-order valence-corrected chi connectivity index (χ1v) is 11.1. The second-order valence-corrected chi connectivity index (χ2v) is 10.2. The fourth-order valence-corrected chi connectivity index (χ4v) is 3.58. The molecule has 0 aliphatic rings. The van der Waals surface area contributed by atoms with Gasteiger partial charge in [0.1, 0.15) is 5.75 Å². The highest BCUT2D eigenvalue weighted by atomic mass is 16.3. The standard InChI is InChI=1S/C26H38N2O4/c1-25(2,3)23(17-29)28-24(32)14-18-7-6-8-19(13-18)15-26(4,5)27-16-22(31)20-9-11-21(30)12-10-20/h6-13,22-23,27,29-31H,14-17H2,1-5H3,(H,28,32)/t22?,23-/m1/s1. The number of benzene rings is 2. The van der Waals surface area contributed by atoms with Crippen molar-refractivity contribution in [1.29, 1.82) is 0 Å². The number of aliphatic hydroxyl groups is 2. The summed E-state index contributed by atoms with van der Waals surface area (Å²) in [4.78, 5) is 12.5. The maximum absolute atomic E-state index is 12.5. The van der Waals surface area contributed by atoms with Crippen molar-refractivity contribution in [3.05, 3.63) is 65.2 Å². The van der Waals surface area contributed by atoms with Gasteiger partial charge in [-0.05, 0) is 54.5 Å². The van der Waals surface area contributed by atoms with Crippen LogP contribution in [0.4, 0.5) is 0 Å². The molecule has 0 fully saturated rings. The maximum Gasteiger partial charge on any atom is 0.224 e. The van der Waals surface area contributed by atoms with Gasteiger partial charge in [-0.25, -0.2) is 0 Å². The Morgan fingerprint density at radius 3 is 2.22 bits per heavy atom. The van der Waals surface area contributed by atoms with Crippen LogP contribution in [0.5, 0.6) is 5.75 Å². The quantitative estimate of drug-likeness (QED) is 0.389. The highest BCUT2D eigenvalue weighted by Gasteiger charge is 2.25. The molecule has 0 aliphatic heterocycles. The van der Waals surface area contributed by atoms with Crippen molar-refractivity contribution in [2.45, 2.75) is 65.1 Å². The highest BCUT2D eigenvalue weighted by Crippen LogP contribution is 2.20. The first-order chi connectivity index (χ1) is 14.9. The van der Waals surface area contributed by atoms with E-state index < -0.39 is 6.10 Å². The second kappa shape index (κ2) is 10.9. The molecule has 0 saturated heterocycles. The molecule has 0 aliphatic carbocycles. The molecular formula is C26H38N2O4. The molecule has 176 valence electrons. The number of phenols is 1. The minimum Gasteiger partial charge on any atom is -0.508 e. The van der Waals surface area contributed by atoms with E-state index in [0.29, 0.717) is 6.54 Å². The minimum atomic E-state index is -0.674. The van der Waals surface area contributed by atoms with Crippen molar-refractivity contribution >= 4 is 5.91 Å². The van der Waals surface area contributed by atoms with Crippen LogP contribution in [0.1, 0.15) is 57.4 Å². The average Bonchev–Trinajstić information content (AvgIpc) is 2.70. The van der Waals surface area contributed by atoms with E-state index in [0.717, 1.165) is 23.1 Å². The van der Waals surface area contributed by atoms with Crippen LogP contribution in [0.15, 0.2) is 48.5 Å². The third-order valence-corrected chi connectivity index (χ3v) is 5.62. The van der Waals surface area contributed by atoms with Crippen LogP contribution in [0.3, 0.4) is 0 Å². The normalized spacial score (nSPS) is 14.1. The Morgan fingerprint density at radius 2 is 1.62 bits per heavy atom. The van der Waals surface area contributed by atoms with Gasteiger partial charge in [0.15, 0.2) is 0 Å². The van der Waals surface area contributed by atoms with Crippen LogP contribution < -0.4 is 10.6 Å². The molecule has 0 radical (unpaired) electrons. The van der Waals surface area contributed by atoms with Crippen LogP contribution >= 0.6 is 0 Å². The Hall–Kier alpha value is -2.41. The maximum atomic E-state index is 12.5. The Bertz CT molecular complexity index is 872. The fourth-order valence-electron chi connectivity index (χ4n) is 3.58. The molecule has 32 heavy (non-hydrogen) atoms. The van der Waals surface area contributed by atoms with Crippen molar-refractivity contribution in [3.8, 4) is 5.75 Å². The zero-order chi connectivity index (χ0) is 23.9. The monoisotopic (exact) mass is 442 g/mol. The van der Waals surface area contributed by atoms with Crippen LogP contribution in [0, 0.1) is 5.41 Å². The summed E-state index contributed by atoms with van der Waals surface area (Å²) in [5, 5.41) is 35.7. The summed E-state index contributed by atoms with van der Waals surface area (Å²) in [6.45, 7) is 10.4. The lowest BCUT2D eigenvalue weighted by Gasteiger charge is -2.30. The number of carbonyl (C=O) groups is 1. The molecule has 2 aromatic rings. The molecule has 1 unspecified atom stereocenters. The zero-order valence-electron chi connectivity index (χ0n) is 19.9. The second-order valence-electron chi connectivity index (χ2n) is 10.2. The number of aromatic hydroxyl groups is 1. The molecule has 0 bridgehead atoms. The van der Waals surface area contributed by atoms with E-state index in [1.54, 1.807) is 24.3 Å². The number of nitrogens with one attached hydrogen (secondary N) is 2. The molecule has 0 saturated carbocycles. The third-order valence-electron chi connectivity index (χ3n) is 5.62. The van der Waals surface area contributed by atoms with E-state index in [9.17, 15) is 20.1 Å². The number of hydrogen-bond acceptors (Lipinski definition) is 5. The number of aliphatic hydroxyl groups excluding tert-OH is 2. The molecule has 6 heteroatoms. The number of amides is 1. The first kappa shape index (κ1) is 25.8. The summed E-state index contributed by atoms with van der Waals surface area (Å²) in [6.07, 6.45) is 0.312. The largest absolute Gasteiger partial charge is 0.508 e. The lowest BCUT2D eigenvalue weighted by Crippen LogP contribution is -2.46. The molecule has 1 amide bonds. The summed E-state index contributed by atoms with van der Waals surface area (Å²) in [6, 6.07) is 14.2. The number of rotatable bonds is 10. The summed E-state index contributed by atoms with van der Waals surface area (Å²) >= 11 is 0. The molecule has 0 spiro atoms. The van der Waals surface area contributed by atoms with E-state index in [-0.39, 0.29) is 41.7 Å². The smallest absolute Gasteiger partial charge is 0.224 e. The van der Waals surface area contributed by atoms with E-state index in [4.69, 9.17) is 0 Å². The minimum absolute atomic E-state index is 0.0921. The zero-order valence-corrected chi connectivity index (χ0v) is 19.9. The summed E-state index contributed by atoms with van der Waals surface area (Å²) in [5.41, 5.74) is 2.28. The van der Waals surface area contributed by atoms with Gasteiger partial charge in [0, 0.05) is 12.1 Å². The van der Waals surface area contributed by atoms with Gasteiger partial charge >= 0.3 is 0 Å². The van der Waals surface area contributed by atoms with E-state index in [1.807, 2.05) is 45.0 Å². The molecular weight excluding hydrogens is 404 g/mol. The molecule has 2 atom stereocenters. The van der Waals surface area contributed by atoms with Crippen molar-refractivity contribution in [1.82, 2.24) is 10.6 Å². The van der Waals surface area contributed by atoms with Gasteiger partial charge in [-0.2, -0.15) is 0 Å². The summed E-state index contributed by atoms with van der Waals surface area (Å²) in [7, 11) is 0. The van der Waals surface area contributed by atoms with Crippen molar-refractivity contribution in [2.24, 2.45) is 5.41 Å². The Morgan fingerprint density at radius 1 is 1.00 bits per heavy atom. The van der Waals surface area contributed by atoms with Crippen LogP contribution in [-0.4, -0.2) is 46.0 Å². The van der Waals surface area contributed by atoms with Gasteiger partial charge in [0.25, 0.3) is 0 Å². The van der Waals surface area contributed by atoms with Crippen molar-refractivity contribution in [2.75, 3.05) is 13.2 Å². The predicted molar refractivity (Wildman–Crippen MR) is 127 cm³/mol. The lowest BCUT2D eigenvalue weighted by atomic mass is 9.87. The molecule has 6 nitrogen and oxygen atoms in total. The highest BCUT2D eigenvalue weighted by molar-refractivity contribution is 5.79. The predicted octanol–water partition coefficient (Wildman–Crippen LogP) is 3.10. The first-order valence-electron chi connectivity index (χ1n) is 11.1. The topological polar surface area (TPSA) is 102 Å². The van der Waals surface area contributed by atoms with Crippen molar-refractivity contribution in [3.63, 3.8) is 0 Å². The van der Waals surface area contributed by atoms with Gasteiger partial charge in [0.05, 0.1) is 25.2 Å². The van der Waals surface area contributed by atoms with E-state index in [2.05, 4.69) is 24.5 Å². The summed E-state index contributed by atoms with van der Waals surface area (Å²) in [5.74, 6) is 0.0682. The molecule has 2 rings (SSSR count). The lowest BCUT2D eigenvalue weighted by molar-refractivity contribution is -0.122. The van der Waals surface area contributed by atoms with Crippen LogP contribution in [0.2, 0.25) is 0 Å². The average molecular weight is 443 g/mol. The number of carbonyl (C=O) groups excluding carboxylic acids is 1. The van der Waals surface area contributed by atoms with Gasteiger partial charge in [-0.1, -0.05) is 57.2 Å². The van der Waals surface area contributed by atoms with E-state index in [1.165, 1.54) is 0 Å². The number of hydrogen-bond donors (Lipinski definition) is 5. The Kier molecular flexibility index (Phi) is 8.84. The molecule has 2 aromatic carbocycles. The fraction of sp³-hybridized carbons (Fsp3) is 0.500. The molecule has 5 N–H and O–H groups in total. The number of β-amino-alcohol motifs (C(OH)–C–C–N with tert-alkyl or cyclic N) is 1. The van der Waals surface area contributed by atoms with Crippen molar-refractivity contribution < 1.29 is 20.1 Å².